The van der Waals surface area contributed by atoms with Crippen molar-refractivity contribution in [3.05, 3.63) is 24.3 Å². The van der Waals surface area contributed by atoms with Gasteiger partial charge in [0.25, 0.3) is 0 Å². The lowest BCUT2D eigenvalue weighted by molar-refractivity contribution is -0.145. The number of carbonyl (C=O) groups is 2. The first kappa shape index (κ1) is 20.6. The monoisotopic (exact) mass is 334 g/mol. The molecule has 0 bridgehead atoms. The molecule has 0 saturated heterocycles. The summed E-state index contributed by atoms with van der Waals surface area (Å²) in [6.07, 6.45) is -1.17. The molecule has 0 rings (SSSR count). The normalized spacial score (nSPS) is 14.5. The van der Waals surface area contributed by atoms with Crippen LogP contribution in [0.2, 0.25) is 0 Å². The number of esters is 2. The molecule has 0 aliphatic rings. The van der Waals surface area contributed by atoms with Gasteiger partial charge >= 0.3 is 20.2 Å². The van der Waals surface area contributed by atoms with Crippen molar-refractivity contribution in [1.82, 2.24) is 0 Å². The second kappa shape index (κ2) is 10.3. The van der Waals surface area contributed by atoms with Gasteiger partial charge in [-0.05, 0) is 27.7 Å². The fourth-order valence-electron chi connectivity index (χ4n) is 1.05. The number of hydrogen-bond acceptors (Lipinski definition) is 7. The average molecular weight is 334 g/mol. The van der Waals surface area contributed by atoms with Crippen molar-refractivity contribution in [2.75, 3.05) is 13.2 Å². The molecule has 0 fully saturated rings. The minimum atomic E-state index is -2.77. The van der Waals surface area contributed by atoms with Crippen LogP contribution in [0.3, 0.4) is 0 Å². The predicted octanol–water partition coefficient (Wildman–Crippen LogP) is 2.42. The Labute approximate surface area is 131 Å². The van der Waals surface area contributed by atoms with E-state index in [0.29, 0.717) is 0 Å². The third kappa shape index (κ3) is 9.50. The van der Waals surface area contributed by atoms with Crippen LogP contribution in [0.1, 0.15) is 27.7 Å². The van der Waals surface area contributed by atoms with Crippen molar-refractivity contribution in [3.8, 4) is 0 Å². The summed E-state index contributed by atoms with van der Waals surface area (Å²) >= 11 is 0. The predicted molar refractivity (Wildman–Crippen MR) is 81.6 cm³/mol. The average Bonchev–Trinajstić information content (AvgIpc) is 2.42. The molecule has 2 unspecified atom stereocenters. The Morgan fingerprint density at radius 3 is 1.50 bits per heavy atom. The first-order chi connectivity index (χ1) is 10.1. The Morgan fingerprint density at radius 1 is 0.909 bits per heavy atom. The van der Waals surface area contributed by atoms with Crippen molar-refractivity contribution in [2.45, 2.75) is 39.9 Å². The SMILES string of the molecule is C=C(C)C(=O)OC(C)CO[PH](=O)OCC(C)OC(=O)C(=C)C. The molecule has 0 N–H and O–H groups in total. The number of hydrogen-bond donors (Lipinski definition) is 0. The van der Waals surface area contributed by atoms with Gasteiger partial charge in [-0.2, -0.15) is 0 Å². The summed E-state index contributed by atoms with van der Waals surface area (Å²) in [4.78, 5) is 22.5. The van der Waals surface area contributed by atoms with Gasteiger partial charge in [-0.25, -0.2) is 9.59 Å². The molecule has 2 atom stereocenters. The zero-order chi connectivity index (χ0) is 17.3. The molecule has 0 aromatic rings. The van der Waals surface area contributed by atoms with Crippen LogP contribution in [0.5, 0.6) is 0 Å². The third-order valence-electron chi connectivity index (χ3n) is 2.19. The summed E-state index contributed by atoms with van der Waals surface area (Å²) in [5.41, 5.74) is 0.535. The molecule has 0 spiro atoms. The van der Waals surface area contributed by atoms with Gasteiger partial charge in [0.1, 0.15) is 12.2 Å². The van der Waals surface area contributed by atoms with Gasteiger partial charge in [0, 0.05) is 11.1 Å². The molecule has 7 nitrogen and oxygen atoms in total. The second-order valence-corrected chi connectivity index (χ2v) is 5.94. The molecule has 0 aromatic heterocycles. The van der Waals surface area contributed by atoms with E-state index in [1.165, 1.54) is 13.8 Å². The van der Waals surface area contributed by atoms with Crippen LogP contribution in [0.4, 0.5) is 0 Å². The Bertz CT molecular complexity index is 418. The van der Waals surface area contributed by atoms with Crippen molar-refractivity contribution in [1.29, 1.82) is 0 Å². The number of carbonyl (C=O) groups excluding carboxylic acids is 2. The second-order valence-electron chi connectivity index (χ2n) is 4.86. The molecule has 126 valence electrons. The summed E-state index contributed by atoms with van der Waals surface area (Å²) in [6, 6.07) is 0. The maximum atomic E-state index is 11.5. The molecule has 0 aliphatic heterocycles. The zero-order valence-corrected chi connectivity index (χ0v) is 14.3. The van der Waals surface area contributed by atoms with Gasteiger partial charge in [-0.1, -0.05) is 13.2 Å². The highest BCUT2D eigenvalue weighted by Crippen LogP contribution is 2.24. The fourth-order valence-corrected chi connectivity index (χ4v) is 1.87. The van der Waals surface area contributed by atoms with E-state index in [1.807, 2.05) is 0 Å². The van der Waals surface area contributed by atoms with E-state index in [4.69, 9.17) is 18.5 Å². The summed E-state index contributed by atoms with van der Waals surface area (Å²) in [6.45, 7) is 13.0. The molecule has 0 saturated carbocycles. The molecule has 8 heteroatoms. The van der Waals surface area contributed by atoms with Crippen LogP contribution in [0.15, 0.2) is 24.3 Å². The standard InChI is InChI=1S/C14H23O7P/c1-9(2)13(15)20-11(5)7-18-22(17)19-8-12(6)21-14(16)10(3)4/h11-12,22H,1,3,7-8H2,2,4-6H3. The summed E-state index contributed by atoms with van der Waals surface area (Å²) in [5, 5.41) is 0. The maximum absolute atomic E-state index is 11.5. The van der Waals surface area contributed by atoms with Crippen molar-refractivity contribution in [2.24, 2.45) is 0 Å². The van der Waals surface area contributed by atoms with E-state index in [0.717, 1.165) is 0 Å². The van der Waals surface area contributed by atoms with Gasteiger partial charge in [-0.3, -0.25) is 4.57 Å². The van der Waals surface area contributed by atoms with E-state index >= 15 is 0 Å². The molecule has 22 heavy (non-hydrogen) atoms. The smallest absolute Gasteiger partial charge is 0.333 e. The molecule has 0 radical (unpaired) electrons. The van der Waals surface area contributed by atoms with E-state index in [-0.39, 0.29) is 24.4 Å². The molecule has 0 aromatic carbocycles. The maximum Gasteiger partial charge on any atom is 0.333 e. The molecule has 0 aliphatic carbocycles. The lowest BCUT2D eigenvalue weighted by Gasteiger charge is -2.15. The van der Waals surface area contributed by atoms with E-state index in [1.54, 1.807) is 13.8 Å². The van der Waals surface area contributed by atoms with Crippen LogP contribution in [-0.2, 0) is 32.7 Å². The lowest BCUT2D eigenvalue weighted by atomic mass is 10.3. The van der Waals surface area contributed by atoms with Gasteiger partial charge in [0.15, 0.2) is 0 Å². The molecular formula is C14H23O7P. The van der Waals surface area contributed by atoms with Gasteiger partial charge in [0.2, 0.25) is 0 Å². The summed E-state index contributed by atoms with van der Waals surface area (Å²) < 4.78 is 31.3. The van der Waals surface area contributed by atoms with Crippen LogP contribution in [0.25, 0.3) is 0 Å². The Balaban J connectivity index is 3.95. The van der Waals surface area contributed by atoms with Crippen LogP contribution >= 0.6 is 8.25 Å². The van der Waals surface area contributed by atoms with Crippen LogP contribution in [-0.4, -0.2) is 37.4 Å². The van der Waals surface area contributed by atoms with Crippen molar-refractivity contribution in [3.63, 3.8) is 0 Å². The Kier molecular flexibility index (Phi) is 9.65. The highest BCUT2D eigenvalue weighted by atomic mass is 31.1. The topological polar surface area (TPSA) is 88.1 Å². The molecule has 0 heterocycles. The fraction of sp³-hybridized carbons (Fsp3) is 0.571. The number of ether oxygens (including phenoxy) is 2. The first-order valence-corrected chi connectivity index (χ1v) is 7.88. The minimum Gasteiger partial charge on any atom is -0.457 e. The van der Waals surface area contributed by atoms with Gasteiger partial charge in [-0.15, -0.1) is 0 Å². The first-order valence-electron chi connectivity index (χ1n) is 6.66. The largest absolute Gasteiger partial charge is 0.457 e. The molecule has 0 amide bonds. The van der Waals surface area contributed by atoms with Gasteiger partial charge in [0.05, 0.1) is 13.2 Å². The number of rotatable bonds is 10. The quantitative estimate of drug-likeness (QED) is 0.344. The van der Waals surface area contributed by atoms with Gasteiger partial charge < -0.3 is 18.5 Å². The van der Waals surface area contributed by atoms with Crippen molar-refractivity contribution < 1.29 is 32.7 Å². The van der Waals surface area contributed by atoms with Crippen LogP contribution < -0.4 is 0 Å². The van der Waals surface area contributed by atoms with Crippen LogP contribution in [0, 0.1) is 0 Å². The summed E-state index contributed by atoms with van der Waals surface area (Å²) in [7, 11) is -2.77. The summed E-state index contributed by atoms with van der Waals surface area (Å²) in [5.74, 6) is -1.09. The van der Waals surface area contributed by atoms with E-state index < -0.39 is 32.4 Å². The third-order valence-corrected chi connectivity index (χ3v) is 2.99. The zero-order valence-electron chi connectivity index (χ0n) is 13.3. The Hall–Kier alpha value is -1.43. The highest BCUT2D eigenvalue weighted by molar-refractivity contribution is 7.33. The lowest BCUT2D eigenvalue weighted by Crippen LogP contribution is -2.21. The minimum absolute atomic E-state index is 0.0727. The molecular weight excluding hydrogens is 311 g/mol. The Morgan fingerprint density at radius 2 is 1.23 bits per heavy atom. The van der Waals surface area contributed by atoms with Crippen molar-refractivity contribution >= 4 is 20.2 Å². The van der Waals surface area contributed by atoms with E-state index in [2.05, 4.69) is 13.2 Å². The highest BCUT2D eigenvalue weighted by Gasteiger charge is 2.14. The van der Waals surface area contributed by atoms with E-state index in [9.17, 15) is 14.2 Å².